The number of unbranched alkanes of at least 4 members (excludes halogenated alkanes) is 4. The average Bonchev–Trinajstić information content (AvgIpc) is 3.33. The van der Waals surface area contributed by atoms with E-state index in [2.05, 4.69) is 6.92 Å². The number of carbonyl (C=O) groups excluding carboxylic acids is 2. The Balaban J connectivity index is 1.55. The van der Waals surface area contributed by atoms with Crippen molar-refractivity contribution in [2.75, 3.05) is 19.8 Å². The summed E-state index contributed by atoms with van der Waals surface area (Å²) in [6.07, 6.45) is 12.1. The number of hydrogen-bond donors (Lipinski definition) is 1. The van der Waals surface area contributed by atoms with Crippen molar-refractivity contribution in [3.05, 3.63) is 0 Å². The fourth-order valence-electron chi connectivity index (χ4n) is 4.26. The fourth-order valence-corrected chi connectivity index (χ4v) is 4.26. The van der Waals surface area contributed by atoms with E-state index in [0.717, 1.165) is 57.8 Å². The highest BCUT2D eigenvalue weighted by molar-refractivity contribution is 5.70. The van der Waals surface area contributed by atoms with Crippen molar-refractivity contribution in [1.29, 1.82) is 0 Å². The highest BCUT2D eigenvalue weighted by Crippen LogP contribution is 2.29. The Kier molecular flexibility index (Phi) is 10.7. The van der Waals surface area contributed by atoms with Gasteiger partial charge in [-0.2, -0.15) is 0 Å². The predicted molar refractivity (Wildman–Crippen MR) is 108 cm³/mol. The highest BCUT2D eigenvalue weighted by atomic mass is 16.6. The quantitative estimate of drug-likeness (QED) is 0.346. The molecule has 1 aliphatic heterocycles. The molecule has 0 radical (unpaired) electrons. The maximum atomic E-state index is 12.0. The normalized spacial score (nSPS) is 21.1. The number of ether oxygens (including phenoxy) is 2. The number of nitrogens with zero attached hydrogens (tertiary/aromatic N) is 1. The van der Waals surface area contributed by atoms with Crippen LogP contribution in [-0.2, 0) is 14.3 Å². The molecule has 0 bridgehead atoms. The molecule has 0 aromatic carbocycles. The van der Waals surface area contributed by atoms with Crippen molar-refractivity contribution < 1.29 is 24.2 Å². The van der Waals surface area contributed by atoms with E-state index in [9.17, 15) is 14.7 Å². The molecule has 2 unspecified atom stereocenters. The Labute approximate surface area is 169 Å². The van der Waals surface area contributed by atoms with Gasteiger partial charge in [0.15, 0.2) is 0 Å². The van der Waals surface area contributed by atoms with Crippen LogP contribution in [0.4, 0.5) is 4.79 Å². The maximum absolute atomic E-state index is 12.0. The summed E-state index contributed by atoms with van der Waals surface area (Å²) in [5.41, 5.74) is 0. The van der Waals surface area contributed by atoms with E-state index in [1.54, 1.807) is 0 Å². The van der Waals surface area contributed by atoms with Crippen molar-refractivity contribution >= 4 is 12.1 Å². The molecule has 1 heterocycles. The smallest absolute Gasteiger partial charge is 0.410 e. The number of aliphatic hydroxyl groups is 1. The van der Waals surface area contributed by atoms with Crippen molar-refractivity contribution in [3.8, 4) is 0 Å². The van der Waals surface area contributed by atoms with Gasteiger partial charge in [0.05, 0.1) is 18.8 Å². The molecule has 1 saturated carbocycles. The highest BCUT2D eigenvalue weighted by Gasteiger charge is 2.33. The summed E-state index contributed by atoms with van der Waals surface area (Å²) in [4.78, 5) is 25.4. The summed E-state index contributed by atoms with van der Waals surface area (Å²) in [6.45, 7) is 3.67. The summed E-state index contributed by atoms with van der Waals surface area (Å²) in [6, 6.07) is 0.127. The lowest BCUT2D eigenvalue weighted by molar-refractivity contribution is -0.143. The standard InChI is InChI=1S/C22H39NO5/c1-2-3-16-27-21(25)13-7-5-4-6-12-19-17-28-22(26)23(19)15-14-20(24)18-10-8-9-11-18/h18-20,24H,2-17H2,1H3. The van der Waals surface area contributed by atoms with E-state index in [-0.39, 0.29) is 24.2 Å². The summed E-state index contributed by atoms with van der Waals surface area (Å²) in [5, 5.41) is 10.4. The molecule has 0 spiro atoms. The molecule has 2 aliphatic rings. The maximum Gasteiger partial charge on any atom is 0.410 e. The topological polar surface area (TPSA) is 76.1 Å². The zero-order valence-corrected chi connectivity index (χ0v) is 17.6. The second kappa shape index (κ2) is 13.0. The molecule has 2 rings (SSSR count). The lowest BCUT2D eigenvalue weighted by Crippen LogP contribution is -2.36. The fraction of sp³-hybridized carbons (Fsp3) is 0.909. The zero-order valence-electron chi connectivity index (χ0n) is 17.6. The first-order valence-electron chi connectivity index (χ1n) is 11.4. The molecular formula is C22H39NO5. The van der Waals surface area contributed by atoms with Gasteiger partial charge in [0.1, 0.15) is 6.61 Å². The molecule has 0 aromatic heterocycles. The van der Waals surface area contributed by atoms with E-state index < -0.39 is 0 Å². The van der Waals surface area contributed by atoms with Crippen LogP contribution in [0.3, 0.4) is 0 Å². The first-order valence-corrected chi connectivity index (χ1v) is 11.4. The summed E-state index contributed by atoms with van der Waals surface area (Å²) in [7, 11) is 0. The number of hydrogen-bond acceptors (Lipinski definition) is 5. The summed E-state index contributed by atoms with van der Waals surface area (Å²) < 4.78 is 10.4. The van der Waals surface area contributed by atoms with Gasteiger partial charge in [0, 0.05) is 13.0 Å². The molecule has 2 fully saturated rings. The second-order valence-corrected chi connectivity index (χ2v) is 8.35. The van der Waals surface area contributed by atoms with Crippen molar-refractivity contribution in [3.63, 3.8) is 0 Å². The molecule has 0 aromatic rings. The molecule has 1 aliphatic carbocycles. The molecule has 6 heteroatoms. The number of esters is 1. The molecule has 1 amide bonds. The van der Waals surface area contributed by atoms with Crippen LogP contribution in [0, 0.1) is 5.92 Å². The van der Waals surface area contributed by atoms with Crippen LogP contribution < -0.4 is 0 Å². The molecule has 2 atom stereocenters. The summed E-state index contributed by atoms with van der Waals surface area (Å²) in [5.74, 6) is 0.320. The minimum absolute atomic E-state index is 0.0877. The van der Waals surface area contributed by atoms with Crippen molar-refractivity contribution in [1.82, 2.24) is 4.90 Å². The Morgan fingerprint density at radius 2 is 1.96 bits per heavy atom. The Morgan fingerprint density at radius 1 is 1.21 bits per heavy atom. The number of cyclic esters (lactones) is 1. The van der Waals surface area contributed by atoms with Crippen LogP contribution >= 0.6 is 0 Å². The third-order valence-corrected chi connectivity index (χ3v) is 6.11. The van der Waals surface area contributed by atoms with Crippen molar-refractivity contribution in [2.24, 2.45) is 5.92 Å². The number of amides is 1. The minimum Gasteiger partial charge on any atom is -0.466 e. The Hall–Kier alpha value is -1.30. The lowest BCUT2D eigenvalue weighted by Gasteiger charge is -2.24. The molecular weight excluding hydrogens is 358 g/mol. The predicted octanol–water partition coefficient (Wildman–Crippen LogP) is 4.43. The molecule has 1 saturated heterocycles. The van der Waals surface area contributed by atoms with Gasteiger partial charge in [-0.15, -0.1) is 0 Å². The van der Waals surface area contributed by atoms with Gasteiger partial charge in [-0.1, -0.05) is 45.4 Å². The van der Waals surface area contributed by atoms with E-state index in [1.807, 2.05) is 4.90 Å². The van der Waals surface area contributed by atoms with Crippen LogP contribution in [0.15, 0.2) is 0 Å². The van der Waals surface area contributed by atoms with Crippen LogP contribution in [-0.4, -0.2) is 54.0 Å². The van der Waals surface area contributed by atoms with Gasteiger partial charge in [-0.05, 0) is 44.4 Å². The third-order valence-electron chi connectivity index (χ3n) is 6.11. The Bertz CT molecular complexity index is 464. The summed E-state index contributed by atoms with van der Waals surface area (Å²) >= 11 is 0. The lowest BCUT2D eigenvalue weighted by atomic mass is 9.98. The van der Waals surface area contributed by atoms with Crippen LogP contribution in [0.2, 0.25) is 0 Å². The van der Waals surface area contributed by atoms with Gasteiger partial charge < -0.3 is 19.5 Å². The number of rotatable bonds is 14. The SMILES string of the molecule is CCCCOC(=O)CCCCCCC1COC(=O)N1CCC(O)C1CCCC1. The molecule has 28 heavy (non-hydrogen) atoms. The van der Waals surface area contributed by atoms with Gasteiger partial charge >= 0.3 is 12.1 Å². The van der Waals surface area contributed by atoms with Crippen molar-refractivity contribution in [2.45, 2.75) is 103 Å². The van der Waals surface area contributed by atoms with E-state index in [0.29, 0.717) is 38.5 Å². The van der Waals surface area contributed by atoms with Crippen LogP contribution in [0.1, 0.15) is 90.4 Å². The first-order chi connectivity index (χ1) is 13.6. The van der Waals surface area contributed by atoms with Gasteiger partial charge in [-0.25, -0.2) is 4.79 Å². The Morgan fingerprint density at radius 3 is 2.71 bits per heavy atom. The average molecular weight is 398 g/mol. The minimum atomic E-state index is -0.298. The van der Waals surface area contributed by atoms with Gasteiger partial charge in [-0.3, -0.25) is 4.79 Å². The third kappa shape index (κ3) is 7.98. The van der Waals surface area contributed by atoms with Gasteiger partial charge in [0.2, 0.25) is 0 Å². The van der Waals surface area contributed by atoms with E-state index in [4.69, 9.17) is 9.47 Å². The van der Waals surface area contributed by atoms with E-state index >= 15 is 0 Å². The van der Waals surface area contributed by atoms with Crippen LogP contribution in [0.25, 0.3) is 0 Å². The second-order valence-electron chi connectivity index (χ2n) is 8.35. The molecule has 6 nitrogen and oxygen atoms in total. The zero-order chi connectivity index (χ0) is 20.2. The number of carbonyl (C=O) groups is 2. The molecule has 162 valence electrons. The first kappa shape index (κ1) is 23.0. The van der Waals surface area contributed by atoms with Crippen LogP contribution in [0.5, 0.6) is 0 Å². The van der Waals surface area contributed by atoms with E-state index in [1.165, 1.54) is 12.8 Å². The van der Waals surface area contributed by atoms with Gasteiger partial charge in [0.25, 0.3) is 0 Å². The molecule has 1 N–H and O–H groups in total. The largest absolute Gasteiger partial charge is 0.466 e. The number of aliphatic hydroxyl groups excluding tert-OH is 1. The monoisotopic (exact) mass is 397 g/mol.